The third-order valence-corrected chi connectivity index (χ3v) is 10.4. The number of likely N-dealkylation sites (tertiary alicyclic amines) is 1. The van der Waals surface area contributed by atoms with Crippen LogP contribution in [0.25, 0.3) is 0 Å². The molecule has 3 heterocycles. The summed E-state index contributed by atoms with van der Waals surface area (Å²) in [6, 6.07) is 12.1. The van der Waals surface area contributed by atoms with Crippen LogP contribution in [0.1, 0.15) is 75.7 Å². The largest absolute Gasteiger partial charge is 0.492 e. The molecule has 1 aromatic carbocycles. The zero-order chi connectivity index (χ0) is 28.7. The fourth-order valence-corrected chi connectivity index (χ4v) is 7.63. The summed E-state index contributed by atoms with van der Waals surface area (Å²) < 4.78 is 5.96. The van der Waals surface area contributed by atoms with Gasteiger partial charge in [0.1, 0.15) is 23.9 Å². The van der Waals surface area contributed by atoms with E-state index in [9.17, 15) is 9.59 Å². The normalized spacial score (nSPS) is 21.9. The summed E-state index contributed by atoms with van der Waals surface area (Å²) in [5, 5.41) is 5.28. The van der Waals surface area contributed by atoms with Crippen LogP contribution in [0.5, 0.6) is 5.75 Å². The maximum atomic E-state index is 14.0. The molecular formula is C33H48N4O3S. The van der Waals surface area contributed by atoms with Crippen LogP contribution < -0.4 is 10.1 Å². The molecule has 41 heavy (non-hydrogen) atoms. The first-order valence-electron chi connectivity index (χ1n) is 15.8. The Balaban J connectivity index is 1.20. The number of ether oxygens (including phenoxy) is 1. The Morgan fingerprint density at radius 1 is 1.00 bits per heavy atom. The quantitative estimate of drug-likeness (QED) is 0.369. The Kier molecular flexibility index (Phi) is 10.4. The van der Waals surface area contributed by atoms with E-state index in [1.54, 1.807) is 11.3 Å². The van der Waals surface area contributed by atoms with Crippen molar-refractivity contribution in [1.29, 1.82) is 0 Å². The summed E-state index contributed by atoms with van der Waals surface area (Å²) in [5.74, 6) is 1.62. The number of rotatable bonds is 12. The molecule has 224 valence electrons. The summed E-state index contributed by atoms with van der Waals surface area (Å²) in [4.78, 5) is 35.7. The molecule has 5 rings (SSSR count). The minimum atomic E-state index is -0.761. The first-order chi connectivity index (χ1) is 20.0. The zero-order valence-corrected chi connectivity index (χ0v) is 25.8. The van der Waals surface area contributed by atoms with Crippen LogP contribution in [0.2, 0.25) is 0 Å². The molecule has 1 saturated carbocycles. The van der Waals surface area contributed by atoms with Gasteiger partial charge >= 0.3 is 0 Å². The Bertz CT molecular complexity index is 1100. The van der Waals surface area contributed by atoms with Crippen LogP contribution in [0.3, 0.4) is 0 Å². The number of carbonyl (C=O) groups is 2. The maximum absolute atomic E-state index is 14.0. The predicted octanol–water partition coefficient (Wildman–Crippen LogP) is 5.30. The molecule has 8 heteroatoms. The summed E-state index contributed by atoms with van der Waals surface area (Å²) in [6.07, 6.45) is 8.23. The summed E-state index contributed by atoms with van der Waals surface area (Å²) in [6.45, 7) is 11.0. The number of nitrogens with zero attached hydrogens (tertiary/aromatic N) is 3. The molecular weight excluding hydrogens is 532 g/mol. The lowest BCUT2D eigenvalue weighted by atomic mass is 9.79. The van der Waals surface area contributed by atoms with Gasteiger partial charge in [0.25, 0.3) is 0 Å². The van der Waals surface area contributed by atoms with Crippen LogP contribution in [0, 0.1) is 5.92 Å². The molecule has 1 spiro atoms. The fourth-order valence-electron chi connectivity index (χ4n) is 6.94. The van der Waals surface area contributed by atoms with E-state index in [4.69, 9.17) is 4.74 Å². The van der Waals surface area contributed by atoms with Crippen LogP contribution in [0.4, 0.5) is 0 Å². The minimum Gasteiger partial charge on any atom is -0.492 e. The molecule has 1 atom stereocenters. The number of benzene rings is 1. The van der Waals surface area contributed by atoms with Crippen molar-refractivity contribution in [2.75, 3.05) is 39.3 Å². The number of hydrogen-bond acceptors (Lipinski definition) is 6. The van der Waals surface area contributed by atoms with Gasteiger partial charge in [-0.15, -0.1) is 11.3 Å². The molecule has 1 aromatic heterocycles. The zero-order valence-electron chi connectivity index (χ0n) is 25.0. The fraction of sp³-hybridized carbons (Fsp3) is 0.636. The van der Waals surface area contributed by atoms with Crippen LogP contribution in [0.15, 0.2) is 41.8 Å². The first kappa shape index (κ1) is 30.1. The number of piperazine rings is 1. The average molecular weight is 581 g/mol. The molecule has 0 radical (unpaired) electrons. The second-order valence-corrected chi connectivity index (χ2v) is 13.1. The molecule has 3 fully saturated rings. The molecule has 2 aliphatic heterocycles. The predicted molar refractivity (Wildman–Crippen MR) is 165 cm³/mol. The molecule has 1 unspecified atom stereocenters. The Morgan fingerprint density at radius 2 is 1.73 bits per heavy atom. The van der Waals surface area contributed by atoms with E-state index in [2.05, 4.69) is 64.7 Å². The molecule has 0 bridgehead atoms. The summed E-state index contributed by atoms with van der Waals surface area (Å²) in [5.41, 5.74) is 0.479. The van der Waals surface area contributed by atoms with Gasteiger partial charge in [-0.25, -0.2) is 0 Å². The number of nitrogens with one attached hydrogen (secondary N) is 1. The number of piperidine rings is 1. The van der Waals surface area contributed by atoms with Crippen LogP contribution >= 0.6 is 11.3 Å². The highest BCUT2D eigenvalue weighted by Crippen LogP contribution is 2.37. The lowest BCUT2D eigenvalue weighted by Gasteiger charge is -2.52. The molecule has 2 amide bonds. The van der Waals surface area contributed by atoms with Gasteiger partial charge in [-0.2, -0.15) is 0 Å². The van der Waals surface area contributed by atoms with Gasteiger partial charge in [-0.05, 0) is 67.4 Å². The van der Waals surface area contributed by atoms with E-state index >= 15 is 0 Å². The molecule has 2 aromatic rings. The Morgan fingerprint density at radius 3 is 2.39 bits per heavy atom. The second-order valence-electron chi connectivity index (χ2n) is 12.1. The molecule has 1 N–H and O–H groups in total. The van der Waals surface area contributed by atoms with Gasteiger partial charge in [0.05, 0.1) is 6.54 Å². The SMILES string of the molecule is CCN(CC)CCOc1ccc(CN2CCC3(CC2)C(=O)NC(CC2CCCCC2)C(=O)N3Cc2cccs2)cc1. The van der Waals surface area contributed by atoms with Crippen molar-refractivity contribution >= 4 is 23.2 Å². The average Bonchev–Trinajstić information content (AvgIpc) is 3.52. The Labute approximate surface area is 250 Å². The van der Waals surface area contributed by atoms with E-state index in [1.165, 1.54) is 37.7 Å². The number of carbonyl (C=O) groups excluding carboxylic acids is 2. The van der Waals surface area contributed by atoms with Crippen molar-refractivity contribution in [3.05, 3.63) is 52.2 Å². The van der Waals surface area contributed by atoms with Gasteiger partial charge in [0.2, 0.25) is 11.8 Å². The smallest absolute Gasteiger partial charge is 0.246 e. The summed E-state index contributed by atoms with van der Waals surface area (Å²) >= 11 is 1.67. The first-order valence-corrected chi connectivity index (χ1v) is 16.7. The van der Waals surface area contributed by atoms with E-state index in [0.717, 1.165) is 56.3 Å². The minimum absolute atomic E-state index is 0.0559. The molecule has 1 aliphatic carbocycles. The van der Waals surface area contributed by atoms with Gasteiger partial charge < -0.3 is 19.9 Å². The van der Waals surface area contributed by atoms with Crippen molar-refractivity contribution in [2.45, 2.75) is 89.9 Å². The molecule has 3 aliphatic rings. The van der Waals surface area contributed by atoms with Gasteiger partial charge in [0, 0.05) is 31.1 Å². The third-order valence-electron chi connectivity index (χ3n) is 9.58. The summed E-state index contributed by atoms with van der Waals surface area (Å²) in [7, 11) is 0. The van der Waals surface area contributed by atoms with Gasteiger partial charge in [-0.3, -0.25) is 14.5 Å². The second kappa shape index (κ2) is 14.2. The maximum Gasteiger partial charge on any atom is 0.246 e. The van der Waals surface area contributed by atoms with Gasteiger partial charge in [-0.1, -0.05) is 64.2 Å². The Hall–Kier alpha value is -2.42. The number of hydrogen-bond donors (Lipinski definition) is 1. The number of likely N-dealkylation sites (N-methyl/N-ethyl adjacent to an activating group) is 1. The third kappa shape index (κ3) is 7.33. The topological polar surface area (TPSA) is 65.1 Å². The van der Waals surface area contributed by atoms with E-state index < -0.39 is 5.54 Å². The van der Waals surface area contributed by atoms with E-state index in [1.807, 2.05) is 11.0 Å². The van der Waals surface area contributed by atoms with Crippen molar-refractivity contribution in [1.82, 2.24) is 20.0 Å². The highest BCUT2D eigenvalue weighted by molar-refractivity contribution is 7.09. The van der Waals surface area contributed by atoms with Crippen LogP contribution in [-0.4, -0.2) is 77.4 Å². The van der Waals surface area contributed by atoms with Crippen molar-refractivity contribution in [2.24, 2.45) is 5.92 Å². The highest BCUT2D eigenvalue weighted by Gasteiger charge is 2.53. The number of amides is 2. The molecule has 7 nitrogen and oxygen atoms in total. The van der Waals surface area contributed by atoms with Crippen molar-refractivity contribution < 1.29 is 14.3 Å². The number of thiophene rings is 1. The van der Waals surface area contributed by atoms with E-state index in [0.29, 0.717) is 31.9 Å². The van der Waals surface area contributed by atoms with Gasteiger partial charge in [0.15, 0.2) is 0 Å². The standard InChI is InChI=1S/C33H48N4O3S/c1-3-35(4-2)20-21-40-28-14-12-27(13-15-28)24-36-18-16-33(17-19-36)32(39)34-30(23-26-9-6-5-7-10-26)31(38)37(33)25-29-11-8-22-41-29/h8,11-15,22,26,30H,3-7,9-10,16-21,23-25H2,1-2H3,(H,34,39). The van der Waals surface area contributed by atoms with E-state index in [-0.39, 0.29) is 17.9 Å². The molecule has 2 saturated heterocycles. The monoisotopic (exact) mass is 580 g/mol. The highest BCUT2D eigenvalue weighted by atomic mass is 32.1. The lowest BCUT2D eigenvalue weighted by molar-refractivity contribution is -0.162. The van der Waals surface area contributed by atoms with Crippen molar-refractivity contribution in [3.63, 3.8) is 0 Å². The lowest BCUT2D eigenvalue weighted by Crippen LogP contribution is -2.72. The van der Waals surface area contributed by atoms with Crippen LogP contribution in [-0.2, 0) is 22.7 Å². The van der Waals surface area contributed by atoms with Crippen molar-refractivity contribution in [3.8, 4) is 5.75 Å².